The van der Waals surface area contributed by atoms with E-state index in [-0.39, 0.29) is 23.2 Å². The number of carbonyl (C=O) groups excluding carboxylic acids is 2. The Morgan fingerprint density at radius 2 is 1.88 bits per heavy atom. The van der Waals surface area contributed by atoms with E-state index in [9.17, 15) is 14.7 Å². The molecule has 1 aliphatic carbocycles. The monoisotopic (exact) mass is 467 g/mol. The number of likely N-dealkylation sites (tertiary alicyclic amines) is 1. The van der Waals surface area contributed by atoms with Gasteiger partial charge in [-0.15, -0.1) is 11.3 Å². The molecule has 0 spiro atoms. The van der Waals surface area contributed by atoms with E-state index in [1.165, 1.54) is 17.8 Å². The van der Waals surface area contributed by atoms with Gasteiger partial charge in [-0.1, -0.05) is 38.8 Å². The van der Waals surface area contributed by atoms with Crippen LogP contribution in [0.1, 0.15) is 73.3 Å². The van der Waals surface area contributed by atoms with Crippen molar-refractivity contribution in [2.45, 2.75) is 64.9 Å². The van der Waals surface area contributed by atoms with Crippen LogP contribution in [-0.2, 0) is 4.79 Å². The number of thiophene rings is 1. The molecule has 4 rings (SSSR count). The molecule has 1 aromatic heterocycles. The van der Waals surface area contributed by atoms with E-state index in [1.807, 2.05) is 25.1 Å². The summed E-state index contributed by atoms with van der Waals surface area (Å²) in [5.41, 5.74) is 2.18. The molecule has 1 amide bonds. The van der Waals surface area contributed by atoms with Crippen LogP contribution in [0.2, 0.25) is 0 Å². The first-order valence-corrected chi connectivity index (χ1v) is 12.7. The van der Waals surface area contributed by atoms with Crippen LogP contribution < -0.4 is 5.32 Å². The van der Waals surface area contributed by atoms with Gasteiger partial charge in [-0.2, -0.15) is 0 Å². The van der Waals surface area contributed by atoms with Crippen LogP contribution in [0.25, 0.3) is 5.70 Å². The Kier molecular flexibility index (Phi) is 7.00. The molecule has 0 unspecified atom stereocenters. The van der Waals surface area contributed by atoms with Gasteiger partial charge >= 0.3 is 0 Å². The van der Waals surface area contributed by atoms with Gasteiger partial charge in [0.15, 0.2) is 5.78 Å². The first kappa shape index (κ1) is 23.6. The summed E-state index contributed by atoms with van der Waals surface area (Å²) in [5, 5.41) is 12.8. The molecule has 7 heteroatoms. The van der Waals surface area contributed by atoms with E-state index < -0.39 is 0 Å². The van der Waals surface area contributed by atoms with E-state index >= 15 is 0 Å². The highest BCUT2D eigenvalue weighted by Gasteiger charge is 2.39. The molecule has 0 bridgehead atoms. The molecule has 0 radical (unpaired) electrons. The minimum Gasteiger partial charge on any atom is -0.393 e. The van der Waals surface area contributed by atoms with Crippen LogP contribution in [0, 0.1) is 5.41 Å². The number of hydrogen-bond donors (Lipinski definition) is 2. The summed E-state index contributed by atoms with van der Waals surface area (Å²) in [5.74, 6) is 0.131. The summed E-state index contributed by atoms with van der Waals surface area (Å²) < 4.78 is 0. The Labute approximate surface area is 199 Å². The molecule has 2 aliphatic heterocycles. The molecule has 0 aromatic carbocycles. The first-order chi connectivity index (χ1) is 15.8. The van der Waals surface area contributed by atoms with Crippen molar-refractivity contribution in [2.75, 3.05) is 13.1 Å². The Morgan fingerprint density at radius 1 is 1.21 bits per heavy atom. The van der Waals surface area contributed by atoms with E-state index in [4.69, 9.17) is 4.99 Å². The number of amides is 1. The zero-order valence-electron chi connectivity index (χ0n) is 19.5. The SMILES string of the molecule is C=C1NC=C(C(=O)C2(C)CCCCC2)/C1=N/C(=C\C)c1ccc(C(=O)N2CCC(O)CC2)s1. The van der Waals surface area contributed by atoms with E-state index in [2.05, 4.69) is 18.8 Å². The van der Waals surface area contributed by atoms with Gasteiger partial charge in [0.2, 0.25) is 0 Å². The number of rotatable bonds is 5. The number of aliphatic hydroxyl groups excluding tert-OH is 1. The summed E-state index contributed by atoms with van der Waals surface area (Å²) in [7, 11) is 0. The lowest BCUT2D eigenvalue weighted by Gasteiger charge is -2.32. The Bertz CT molecular complexity index is 1030. The number of hydrogen-bond acceptors (Lipinski definition) is 6. The van der Waals surface area contributed by atoms with Crippen LogP contribution in [-0.4, -0.2) is 46.6 Å². The number of piperidine rings is 1. The van der Waals surface area contributed by atoms with Crippen molar-refractivity contribution >= 4 is 34.4 Å². The summed E-state index contributed by atoms with van der Waals surface area (Å²) in [6, 6.07) is 3.75. The normalized spacial score (nSPS) is 22.9. The summed E-state index contributed by atoms with van der Waals surface area (Å²) in [4.78, 5) is 34.5. The number of nitrogens with zero attached hydrogens (tertiary/aromatic N) is 2. The molecule has 33 heavy (non-hydrogen) atoms. The molecule has 0 atom stereocenters. The lowest BCUT2D eigenvalue weighted by molar-refractivity contribution is -0.125. The molecule has 2 N–H and O–H groups in total. The fraction of sp³-hybridized carbons (Fsp3) is 0.500. The van der Waals surface area contributed by atoms with Crippen LogP contribution in [0.15, 0.2) is 47.3 Å². The van der Waals surface area contributed by atoms with Gasteiger partial charge in [0.25, 0.3) is 5.91 Å². The molecule has 2 fully saturated rings. The van der Waals surface area contributed by atoms with Crippen molar-refractivity contribution < 1.29 is 14.7 Å². The molecule has 176 valence electrons. The average Bonchev–Trinajstić information content (AvgIpc) is 3.44. The fourth-order valence-electron chi connectivity index (χ4n) is 4.84. The zero-order valence-corrected chi connectivity index (χ0v) is 20.3. The van der Waals surface area contributed by atoms with Crippen molar-refractivity contribution in [2.24, 2.45) is 10.4 Å². The van der Waals surface area contributed by atoms with Crippen molar-refractivity contribution in [3.63, 3.8) is 0 Å². The second-order valence-corrected chi connectivity index (χ2v) is 10.5. The number of ketones is 1. The van der Waals surface area contributed by atoms with Crippen molar-refractivity contribution in [1.82, 2.24) is 10.2 Å². The third-order valence-corrected chi connectivity index (χ3v) is 8.10. The van der Waals surface area contributed by atoms with Crippen LogP contribution >= 0.6 is 11.3 Å². The number of aliphatic hydroxyl groups is 1. The van der Waals surface area contributed by atoms with E-state index in [1.54, 1.807) is 11.1 Å². The van der Waals surface area contributed by atoms with Gasteiger partial charge in [-0.3, -0.25) is 9.59 Å². The first-order valence-electron chi connectivity index (χ1n) is 11.9. The Hall–Kier alpha value is -2.51. The van der Waals surface area contributed by atoms with Crippen LogP contribution in [0.4, 0.5) is 0 Å². The standard InChI is InChI=1S/C26H33N3O3S/c1-4-20(21-8-9-22(33-21)25(32)29-14-10-18(30)11-15-29)28-23-17(2)27-16-19(23)24(31)26(3)12-6-5-7-13-26/h4,8-9,16,18,27,30H,2,5-7,10-15H2,1,3H3/b20-4-,28-23+. The average molecular weight is 468 g/mol. The van der Waals surface area contributed by atoms with Gasteiger partial charge < -0.3 is 15.3 Å². The molecule has 1 aromatic rings. The van der Waals surface area contributed by atoms with Gasteiger partial charge in [0.1, 0.15) is 0 Å². The van der Waals surface area contributed by atoms with Crippen molar-refractivity contribution in [3.8, 4) is 0 Å². The highest BCUT2D eigenvalue weighted by Crippen LogP contribution is 2.40. The van der Waals surface area contributed by atoms with Crippen LogP contribution in [0.5, 0.6) is 0 Å². The minimum atomic E-state index is -0.349. The zero-order chi connectivity index (χ0) is 23.6. The Balaban J connectivity index is 1.54. The maximum absolute atomic E-state index is 13.5. The highest BCUT2D eigenvalue weighted by molar-refractivity contribution is 7.15. The second-order valence-electron chi connectivity index (χ2n) is 9.45. The highest BCUT2D eigenvalue weighted by atomic mass is 32.1. The largest absolute Gasteiger partial charge is 0.393 e. The third kappa shape index (κ3) is 4.89. The number of nitrogens with one attached hydrogen (secondary N) is 1. The third-order valence-electron chi connectivity index (χ3n) is 7.01. The molecular weight excluding hydrogens is 434 g/mol. The van der Waals surface area contributed by atoms with Crippen molar-refractivity contribution in [3.05, 3.63) is 52.0 Å². The smallest absolute Gasteiger partial charge is 0.263 e. The van der Waals surface area contributed by atoms with E-state index in [0.29, 0.717) is 47.8 Å². The summed E-state index contributed by atoms with van der Waals surface area (Å²) in [6.07, 6.45) is 9.74. The predicted octanol–water partition coefficient (Wildman–Crippen LogP) is 4.69. The van der Waals surface area contributed by atoms with Gasteiger partial charge in [-0.05, 0) is 44.7 Å². The molecular formula is C26H33N3O3S. The summed E-state index contributed by atoms with van der Waals surface area (Å²) in [6.45, 7) is 9.20. The van der Waals surface area contributed by atoms with Gasteiger partial charge in [0.05, 0.1) is 38.5 Å². The fourth-order valence-corrected chi connectivity index (χ4v) is 5.83. The lowest BCUT2D eigenvalue weighted by atomic mass is 9.70. The number of aliphatic imine (C=N–C) groups is 1. The summed E-state index contributed by atoms with van der Waals surface area (Å²) >= 11 is 1.41. The van der Waals surface area contributed by atoms with Gasteiger partial charge in [-0.25, -0.2) is 4.99 Å². The lowest BCUT2D eigenvalue weighted by Crippen LogP contribution is -2.39. The topological polar surface area (TPSA) is 82.0 Å². The molecule has 1 saturated heterocycles. The quantitative estimate of drug-likeness (QED) is 0.658. The van der Waals surface area contributed by atoms with Crippen molar-refractivity contribution in [1.29, 1.82) is 0 Å². The van der Waals surface area contributed by atoms with E-state index in [0.717, 1.165) is 36.3 Å². The maximum atomic E-state index is 13.5. The Morgan fingerprint density at radius 3 is 2.55 bits per heavy atom. The molecule has 6 nitrogen and oxygen atoms in total. The number of allylic oxidation sites excluding steroid dienone is 2. The predicted molar refractivity (Wildman–Crippen MR) is 133 cm³/mol. The second kappa shape index (κ2) is 9.77. The minimum absolute atomic E-state index is 0.00538. The molecule has 1 saturated carbocycles. The number of Topliss-reactive ketones (excluding diaryl/α,β-unsaturated/α-hetero) is 1. The van der Waals surface area contributed by atoms with Gasteiger partial charge in [0, 0.05) is 24.7 Å². The number of carbonyl (C=O) groups is 2. The molecule has 3 heterocycles. The maximum Gasteiger partial charge on any atom is 0.263 e. The van der Waals surface area contributed by atoms with Crippen LogP contribution in [0.3, 0.4) is 0 Å². The molecule has 3 aliphatic rings.